The number of carbonyl (C=O) groups is 1. The highest BCUT2D eigenvalue weighted by Gasteiger charge is 2.30. The van der Waals surface area contributed by atoms with E-state index in [1.54, 1.807) is 13.2 Å². The molecule has 1 aliphatic heterocycles. The van der Waals surface area contributed by atoms with Gasteiger partial charge >= 0.3 is 0 Å². The third kappa shape index (κ3) is 7.49. The van der Waals surface area contributed by atoms with Gasteiger partial charge in [-0.15, -0.1) is 0 Å². The van der Waals surface area contributed by atoms with Gasteiger partial charge in [0.15, 0.2) is 5.82 Å². The first-order valence-corrected chi connectivity index (χ1v) is 14.0. The van der Waals surface area contributed by atoms with Crippen molar-refractivity contribution in [3.8, 4) is 17.0 Å². The summed E-state index contributed by atoms with van der Waals surface area (Å²) in [6.07, 6.45) is 5.76. The normalized spacial score (nSPS) is 15.6. The van der Waals surface area contributed by atoms with Crippen molar-refractivity contribution in [1.29, 1.82) is 0 Å². The summed E-state index contributed by atoms with van der Waals surface area (Å²) in [5.41, 5.74) is 12.3. The van der Waals surface area contributed by atoms with Gasteiger partial charge in [0.25, 0.3) is 0 Å². The maximum atomic E-state index is 12.5. The number of carbonyl (C=O) groups excluding carboxylic acids is 1. The molecule has 2 aromatic carbocycles. The summed E-state index contributed by atoms with van der Waals surface area (Å²) in [5.74, 6) is 0.639. The Morgan fingerprint density at radius 2 is 1.72 bits per heavy atom. The van der Waals surface area contributed by atoms with Gasteiger partial charge in [-0.2, -0.15) is 4.98 Å². The molecule has 2 heterocycles. The van der Waals surface area contributed by atoms with Crippen LogP contribution in [0.15, 0.2) is 54.6 Å². The van der Waals surface area contributed by atoms with Crippen LogP contribution >= 0.6 is 0 Å². The number of hydrogen-bond donors (Lipinski definition) is 3. The van der Waals surface area contributed by atoms with Crippen molar-refractivity contribution in [3.05, 3.63) is 65.7 Å². The number of nitrogen functional groups attached to an aromatic ring is 1. The monoisotopic (exact) mass is 529 g/mol. The summed E-state index contributed by atoms with van der Waals surface area (Å²) in [6, 6.07) is 19.2. The number of hydrogen-bond acceptors (Lipinski definition) is 7. The van der Waals surface area contributed by atoms with E-state index in [0.717, 1.165) is 24.9 Å². The highest BCUT2D eigenvalue weighted by atomic mass is 16.5. The summed E-state index contributed by atoms with van der Waals surface area (Å²) in [7, 11) is 1.62. The van der Waals surface area contributed by atoms with Crippen molar-refractivity contribution in [2.75, 3.05) is 49.8 Å². The molecule has 206 valence electrons. The molecule has 0 bridgehead atoms. The number of nitrogens with one attached hydrogen (secondary N) is 2. The predicted octanol–water partition coefficient (Wildman–Crippen LogP) is 5.30. The number of anilines is 3. The fourth-order valence-corrected chi connectivity index (χ4v) is 4.97. The first kappa shape index (κ1) is 27.0. The van der Waals surface area contributed by atoms with E-state index < -0.39 is 0 Å². The third-order valence-corrected chi connectivity index (χ3v) is 7.28. The van der Waals surface area contributed by atoms with Crippen LogP contribution in [-0.2, 0) is 22.6 Å². The molecule has 2 aliphatic rings. The quantitative estimate of drug-likeness (QED) is 0.274. The minimum atomic E-state index is -0.0222. The van der Waals surface area contributed by atoms with E-state index in [9.17, 15) is 4.79 Å². The summed E-state index contributed by atoms with van der Waals surface area (Å²) in [4.78, 5) is 19.4. The van der Waals surface area contributed by atoms with Gasteiger partial charge < -0.3 is 25.8 Å². The van der Waals surface area contributed by atoms with Crippen molar-refractivity contribution >= 4 is 23.1 Å². The van der Waals surface area contributed by atoms with Crippen molar-refractivity contribution in [2.24, 2.45) is 5.92 Å². The Bertz CT molecular complexity index is 1270. The van der Waals surface area contributed by atoms with Gasteiger partial charge in [-0.05, 0) is 73.2 Å². The molecule has 1 amide bonds. The molecule has 0 spiro atoms. The van der Waals surface area contributed by atoms with Crippen LogP contribution in [0.2, 0.25) is 0 Å². The number of piperidine rings is 1. The second kappa shape index (κ2) is 13.0. The van der Waals surface area contributed by atoms with Crippen molar-refractivity contribution in [2.45, 2.75) is 45.2 Å². The minimum Gasteiger partial charge on any atom is -0.475 e. The molecule has 5 rings (SSSR count). The van der Waals surface area contributed by atoms with Crippen molar-refractivity contribution in [3.63, 3.8) is 0 Å². The molecule has 4 N–H and O–H groups in total. The minimum absolute atomic E-state index is 0.0222. The summed E-state index contributed by atoms with van der Waals surface area (Å²) in [5, 5.41) is 6.43. The zero-order chi connectivity index (χ0) is 27.0. The second-order valence-corrected chi connectivity index (χ2v) is 10.5. The van der Waals surface area contributed by atoms with E-state index in [-0.39, 0.29) is 17.6 Å². The number of ether oxygens (including phenoxy) is 2. The molecule has 39 heavy (non-hydrogen) atoms. The number of nitrogens with two attached hydrogens (primary N) is 1. The van der Waals surface area contributed by atoms with Crippen LogP contribution < -0.4 is 21.1 Å². The molecule has 1 saturated carbocycles. The van der Waals surface area contributed by atoms with Crippen LogP contribution in [0.4, 0.5) is 17.2 Å². The fourth-order valence-electron chi connectivity index (χ4n) is 4.97. The number of methoxy groups -OCH3 is 1. The van der Waals surface area contributed by atoms with E-state index in [0.29, 0.717) is 37.0 Å². The zero-order valence-corrected chi connectivity index (χ0v) is 22.7. The first-order valence-electron chi connectivity index (χ1n) is 14.0. The molecular formula is C31H39N5O3. The van der Waals surface area contributed by atoms with Gasteiger partial charge in [0, 0.05) is 32.2 Å². The van der Waals surface area contributed by atoms with Gasteiger partial charge in [-0.25, -0.2) is 0 Å². The van der Waals surface area contributed by atoms with Gasteiger partial charge in [0.2, 0.25) is 11.8 Å². The molecule has 8 heteroatoms. The number of rotatable bonds is 12. The highest BCUT2D eigenvalue weighted by Crippen LogP contribution is 2.35. The van der Waals surface area contributed by atoms with Crippen LogP contribution in [0.5, 0.6) is 5.88 Å². The summed E-state index contributed by atoms with van der Waals surface area (Å²) >= 11 is 0. The van der Waals surface area contributed by atoms with Gasteiger partial charge in [0.1, 0.15) is 12.3 Å². The van der Waals surface area contributed by atoms with E-state index in [1.807, 2.05) is 0 Å². The number of benzene rings is 2. The Morgan fingerprint density at radius 3 is 2.44 bits per heavy atom. The lowest BCUT2D eigenvalue weighted by molar-refractivity contribution is -0.117. The maximum absolute atomic E-state index is 12.5. The lowest BCUT2D eigenvalue weighted by Crippen LogP contribution is -2.29. The molecule has 1 saturated heterocycles. The van der Waals surface area contributed by atoms with Crippen LogP contribution in [0.25, 0.3) is 11.1 Å². The standard InChI is InChI=1S/C31H39N5O3/c1-38-15-16-39-28-19-27(29(30(32)34-28)35-31(37)24-11-12-24)33-20-22-7-5-9-25(17-22)26-10-6-8-23(18-26)21-36-13-3-2-4-14-36/h5-10,17-19,24H,2-4,11-16,20-21H2,1H3,(H,35,37)(H3,32,33,34). The van der Waals surface area contributed by atoms with Gasteiger partial charge in [-0.3, -0.25) is 9.69 Å². The Balaban J connectivity index is 1.31. The molecule has 0 atom stereocenters. The number of amides is 1. The third-order valence-electron chi connectivity index (χ3n) is 7.28. The topological polar surface area (TPSA) is 102 Å². The molecule has 1 aromatic heterocycles. The van der Waals surface area contributed by atoms with E-state index in [1.165, 1.54) is 49.0 Å². The van der Waals surface area contributed by atoms with E-state index in [4.69, 9.17) is 15.2 Å². The number of likely N-dealkylation sites (tertiary alicyclic amines) is 1. The molecule has 8 nitrogen and oxygen atoms in total. The molecule has 1 aliphatic carbocycles. The average molecular weight is 530 g/mol. The first-order chi connectivity index (χ1) is 19.1. The van der Waals surface area contributed by atoms with Crippen LogP contribution in [-0.4, -0.2) is 49.2 Å². The number of nitrogens with zero attached hydrogens (tertiary/aromatic N) is 2. The van der Waals surface area contributed by atoms with Crippen LogP contribution in [0.3, 0.4) is 0 Å². The Kier molecular flexibility index (Phi) is 8.96. The van der Waals surface area contributed by atoms with E-state index in [2.05, 4.69) is 69.0 Å². The molecule has 0 radical (unpaired) electrons. The number of pyridine rings is 1. The number of aromatic nitrogens is 1. The highest BCUT2D eigenvalue weighted by molar-refractivity contribution is 6.00. The average Bonchev–Trinajstić information content (AvgIpc) is 3.80. The lowest BCUT2D eigenvalue weighted by Gasteiger charge is -2.26. The van der Waals surface area contributed by atoms with Crippen molar-refractivity contribution in [1.82, 2.24) is 9.88 Å². The van der Waals surface area contributed by atoms with Crippen LogP contribution in [0.1, 0.15) is 43.2 Å². The SMILES string of the molecule is COCCOc1cc(NCc2cccc(-c3cccc(CN4CCCCC4)c3)c2)c(NC(=O)C2CC2)c(N)n1. The molecule has 0 unspecified atom stereocenters. The van der Waals surface area contributed by atoms with Crippen LogP contribution in [0, 0.1) is 5.92 Å². The fraction of sp³-hybridized carbons (Fsp3) is 0.419. The van der Waals surface area contributed by atoms with E-state index >= 15 is 0 Å². The Hall–Kier alpha value is -3.62. The maximum Gasteiger partial charge on any atom is 0.227 e. The summed E-state index contributed by atoms with van der Waals surface area (Å²) < 4.78 is 10.8. The van der Waals surface area contributed by atoms with Gasteiger partial charge in [0.05, 0.1) is 12.3 Å². The predicted molar refractivity (Wildman–Crippen MR) is 156 cm³/mol. The van der Waals surface area contributed by atoms with Crippen molar-refractivity contribution < 1.29 is 14.3 Å². The second-order valence-electron chi connectivity index (χ2n) is 10.5. The largest absolute Gasteiger partial charge is 0.475 e. The van der Waals surface area contributed by atoms with Gasteiger partial charge in [-0.1, -0.05) is 42.8 Å². The molecule has 3 aromatic rings. The Morgan fingerprint density at radius 1 is 1.00 bits per heavy atom. The smallest absolute Gasteiger partial charge is 0.227 e. The lowest BCUT2D eigenvalue weighted by atomic mass is 10.0. The Labute approximate surface area is 230 Å². The molecule has 2 fully saturated rings. The zero-order valence-electron chi connectivity index (χ0n) is 22.7. The molecular weight excluding hydrogens is 490 g/mol. The summed E-state index contributed by atoms with van der Waals surface area (Å²) in [6.45, 7) is 4.73.